The fourth-order valence-electron chi connectivity index (χ4n) is 1.91. The molecule has 2 aromatic rings. The van der Waals surface area contributed by atoms with Crippen LogP contribution in [0.25, 0.3) is 0 Å². The van der Waals surface area contributed by atoms with E-state index in [2.05, 4.69) is 57.1 Å². The second kappa shape index (κ2) is 6.74. The van der Waals surface area contributed by atoms with E-state index in [1.165, 1.54) is 0 Å². The molecule has 0 aromatic heterocycles. The molecule has 2 aromatic carbocycles. The number of benzene rings is 2. The zero-order valence-electron chi connectivity index (χ0n) is 11.7. The highest BCUT2D eigenvalue weighted by Crippen LogP contribution is 2.33. The van der Waals surface area contributed by atoms with Crippen LogP contribution in [0.2, 0.25) is 0 Å². The van der Waals surface area contributed by atoms with E-state index >= 15 is 0 Å². The van der Waals surface area contributed by atoms with Gasteiger partial charge in [-0.15, -0.1) is 0 Å². The van der Waals surface area contributed by atoms with Crippen molar-refractivity contribution < 1.29 is 4.74 Å². The Morgan fingerprint density at radius 2 is 1.85 bits per heavy atom. The summed E-state index contributed by atoms with van der Waals surface area (Å²) in [6.45, 7) is 4.16. The first-order valence-electron chi connectivity index (χ1n) is 6.42. The highest BCUT2D eigenvalue weighted by molar-refractivity contribution is 9.10. The standard InChI is InChI=1S/C16H17Br2NO/c1-10-8-13(5-6-15(10)18)20-16-7-4-12(17)9-14(16)11(2)19-3/h4-9,11,19H,1-3H3. The highest BCUT2D eigenvalue weighted by atomic mass is 79.9. The van der Waals surface area contributed by atoms with Gasteiger partial charge in [0.2, 0.25) is 0 Å². The molecular formula is C16H17Br2NO. The lowest BCUT2D eigenvalue weighted by atomic mass is 10.1. The molecule has 1 N–H and O–H groups in total. The van der Waals surface area contributed by atoms with Gasteiger partial charge in [0.05, 0.1) is 0 Å². The zero-order valence-corrected chi connectivity index (χ0v) is 14.9. The Kier molecular flexibility index (Phi) is 5.24. The SMILES string of the molecule is CNC(C)c1cc(Br)ccc1Oc1ccc(Br)c(C)c1. The third kappa shape index (κ3) is 3.62. The van der Waals surface area contributed by atoms with Gasteiger partial charge in [-0.05, 0) is 62.9 Å². The number of rotatable bonds is 4. The molecule has 0 spiro atoms. The van der Waals surface area contributed by atoms with Crippen LogP contribution >= 0.6 is 31.9 Å². The summed E-state index contributed by atoms with van der Waals surface area (Å²) in [5, 5.41) is 3.25. The van der Waals surface area contributed by atoms with E-state index in [9.17, 15) is 0 Å². The monoisotopic (exact) mass is 397 g/mol. The topological polar surface area (TPSA) is 21.3 Å². The van der Waals surface area contributed by atoms with Gasteiger partial charge < -0.3 is 10.1 Å². The Morgan fingerprint density at radius 3 is 2.50 bits per heavy atom. The lowest BCUT2D eigenvalue weighted by Gasteiger charge is -2.17. The number of nitrogens with one attached hydrogen (secondary N) is 1. The molecule has 0 saturated carbocycles. The molecule has 4 heteroatoms. The fraction of sp³-hybridized carbons (Fsp3) is 0.250. The van der Waals surface area contributed by atoms with Crippen molar-refractivity contribution in [2.75, 3.05) is 7.05 Å². The molecular weight excluding hydrogens is 382 g/mol. The van der Waals surface area contributed by atoms with Gasteiger partial charge in [0.25, 0.3) is 0 Å². The number of halogens is 2. The van der Waals surface area contributed by atoms with E-state index in [1.54, 1.807) is 0 Å². The Morgan fingerprint density at radius 1 is 1.10 bits per heavy atom. The smallest absolute Gasteiger partial charge is 0.132 e. The summed E-state index contributed by atoms with van der Waals surface area (Å²) in [5.41, 5.74) is 2.28. The van der Waals surface area contributed by atoms with Crippen LogP contribution in [0.4, 0.5) is 0 Å². The first kappa shape index (κ1) is 15.5. The van der Waals surface area contributed by atoms with E-state index in [1.807, 2.05) is 37.4 Å². The molecule has 0 amide bonds. The summed E-state index contributed by atoms with van der Waals surface area (Å²) in [6.07, 6.45) is 0. The van der Waals surface area contributed by atoms with Crippen molar-refractivity contribution in [3.8, 4) is 11.5 Å². The number of aryl methyl sites for hydroxylation is 1. The molecule has 0 saturated heterocycles. The van der Waals surface area contributed by atoms with Crippen molar-refractivity contribution in [3.05, 3.63) is 56.5 Å². The van der Waals surface area contributed by atoms with Crippen molar-refractivity contribution >= 4 is 31.9 Å². The van der Waals surface area contributed by atoms with Crippen molar-refractivity contribution in [2.45, 2.75) is 19.9 Å². The van der Waals surface area contributed by atoms with E-state index in [0.29, 0.717) is 0 Å². The molecule has 0 aliphatic heterocycles. The maximum absolute atomic E-state index is 6.04. The largest absolute Gasteiger partial charge is 0.457 e. The highest BCUT2D eigenvalue weighted by Gasteiger charge is 2.12. The predicted molar refractivity (Wildman–Crippen MR) is 90.6 cm³/mol. The van der Waals surface area contributed by atoms with Crippen LogP contribution in [0.3, 0.4) is 0 Å². The Bertz CT molecular complexity index is 613. The predicted octanol–water partition coefficient (Wildman–Crippen LogP) is 5.59. The number of hydrogen-bond acceptors (Lipinski definition) is 2. The average molecular weight is 399 g/mol. The molecule has 0 bridgehead atoms. The zero-order chi connectivity index (χ0) is 14.7. The van der Waals surface area contributed by atoms with Gasteiger partial charge >= 0.3 is 0 Å². The summed E-state index contributed by atoms with van der Waals surface area (Å²) in [5.74, 6) is 1.72. The first-order valence-corrected chi connectivity index (χ1v) is 8.00. The number of ether oxygens (including phenoxy) is 1. The molecule has 0 aliphatic rings. The van der Waals surface area contributed by atoms with E-state index < -0.39 is 0 Å². The van der Waals surface area contributed by atoms with E-state index in [-0.39, 0.29) is 6.04 Å². The van der Waals surface area contributed by atoms with Crippen molar-refractivity contribution in [1.29, 1.82) is 0 Å². The molecule has 2 rings (SSSR count). The molecule has 1 atom stereocenters. The normalized spacial score (nSPS) is 12.2. The number of hydrogen-bond donors (Lipinski definition) is 1. The van der Waals surface area contributed by atoms with Gasteiger partial charge in [0, 0.05) is 20.6 Å². The van der Waals surface area contributed by atoms with E-state index in [4.69, 9.17) is 4.74 Å². The molecule has 1 unspecified atom stereocenters. The third-order valence-electron chi connectivity index (χ3n) is 3.23. The van der Waals surface area contributed by atoms with Crippen LogP contribution in [0.15, 0.2) is 45.3 Å². The van der Waals surface area contributed by atoms with Crippen LogP contribution in [0, 0.1) is 6.92 Å². The third-order valence-corrected chi connectivity index (χ3v) is 4.61. The lowest BCUT2D eigenvalue weighted by Crippen LogP contribution is -2.13. The quantitative estimate of drug-likeness (QED) is 0.724. The van der Waals surface area contributed by atoms with Crippen molar-refractivity contribution in [3.63, 3.8) is 0 Å². The van der Waals surface area contributed by atoms with Gasteiger partial charge in [-0.25, -0.2) is 0 Å². The fourth-order valence-corrected chi connectivity index (χ4v) is 2.54. The van der Waals surface area contributed by atoms with Crippen LogP contribution in [0.5, 0.6) is 11.5 Å². The molecule has 2 nitrogen and oxygen atoms in total. The van der Waals surface area contributed by atoms with Crippen molar-refractivity contribution in [2.24, 2.45) is 0 Å². The Balaban J connectivity index is 2.35. The maximum atomic E-state index is 6.04. The second-order valence-electron chi connectivity index (χ2n) is 4.71. The van der Waals surface area contributed by atoms with Gasteiger partial charge in [-0.1, -0.05) is 31.9 Å². The molecule has 106 valence electrons. The summed E-state index contributed by atoms with van der Waals surface area (Å²) in [7, 11) is 1.94. The lowest BCUT2D eigenvalue weighted by molar-refractivity contribution is 0.465. The summed E-state index contributed by atoms with van der Waals surface area (Å²) in [4.78, 5) is 0. The molecule has 0 fully saturated rings. The molecule has 20 heavy (non-hydrogen) atoms. The van der Waals surface area contributed by atoms with Gasteiger partial charge in [-0.2, -0.15) is 0 Å². The molecule has 0 radical (unpaired) electrons. The summed E-state index contributed by atoms with van der Waals surface area (Å²) in [6, 6.07) is 12.3. The van der Waals surface area contributed by atoms with E-state index in [0.717, 1.165) is 31.6 Å². The van der Waals surface area contributed by atoms with Crippen LogP contribution in [0.1, 0.15) is 24.1 Å². The van der Waals surface area contributed by atoms with Gasteiger partial charge in [-0.3, -0.25) is 0 Å². The van der Waals surface area contributed by atoms with Crippen molar-refractivity contribution in [1.82, 2.24) is 5.32 Å². The van der Waals surface area contributed by atoms with Crippen LogP contribution in [-0.4, -0.2) is 7.05 Å². The minimum atomic E-state index is 0.221. The summed E-state index contributed by atoms with van der Waals surface area (Å²) >= 11 is 7.01. The average Bonchev–Trinajstić information content (AvgIpc) is 2.44. The minimum absolute atomic E-state index is 0.221. The Labute approximate surface area is 136 Å². The van der Waals surface area contributed by atoms with Crippen LogP contribution in [-0.2, 0) is 0 Å². The molecule has 0 heterocycles. The van der Waals surface area contributed by atoms with Gasteiger partial charge in [0.15, 0.2) is 0 Å². The maximum Gasteiger partial charge on any atom is 0.132 e. The molecule has 0 aliphatic carbocycles. The first-order chi connectivity index (χ1) is 9.51. The Hall–Kier alpha value is -0.840. The van der Waals surface area contributed by atoms with Crippen LogP contribution < -0.4 is 10.1 Å². The second-order valence-corrected chi connectivity index (χ2v) is 6.48. The van der Waals surface area contributed by atoms with Gasteiger partial charge in [0.1, 0.15) is 11.5 Å². The minimum Gasteiger partial charge on any atom is -0.457 e. The summed E-state index contributed by atoms with van der Waals surface area (Å²) < 4.78 is 8.18.